The van der Waals surface area contributed by atoms with Crippen molar-refractivity contribution in [2.24, 2.45) is 0 Å². The van der Waals surface area contributed by atoms with E-state index in [2.05, 4.69) is 64.0 Å². The van der Waals surface area contributed by atoms with Gasteiger partial charge in [-0.15, -0.1) is 0 Å². The highest BCUT2D eigenvalue weighted by molar-refractivity contribution is 6.12. The molecule has 0 N–H and O–H groups in total. The highest BCUT2D eigenvalue weighted by Gasteiger charge is 2.35. The molecule has 2 heteroatoms. The Kier molecular flexibility index (Phi) is 6.40. The summed E-state index contributed by atoms with van der Waals surface area (Å²) >= 11 is 0. The van der Waals surface area contributed by atoms with Crippen LogP contribution < -0.4 is 4.90 Å². The molecule has 1 aliphatic rings. The van der Waals surface area contributed by atoms with E-state index < -0.39 is 0 Å². The van der Waals surface area contributed by atoms with E-state index in [-0.39, 0.29) is 11.3 Å². The molecular formula is C29H35NO. The largest absolute Gasteiger partial charge is 0.366 e. The average Bonchev–Trinajstić information content (AvgIpc) is 2.72. The third-order valence-corrected chi connectivity index (χ3v) is 6.58. The zero-order valence-electron chi connectivity index (χ0n) is 19.9. The molecule has 2 nitrogen and oxygen atoms in total. The Bertz CT molecular complexity index is 1070. The van der Waals surface area contributed by atoms with Gasteiger partial charge in [-0.1, -0.05) is 50.4 Å². The van der Waals surface area contributed by atoms with E-state index >= 15 is 0 Å². The fraction of sp³-hybridized carbons (Fsp3) is 0.345. The van der Waals surface area contributed by atoms with Crippen LogP contribution in [0.25, 0.3) is 18.2 Å². The Hall–Kier alpha value is -2.87. The Balaban J connectivity index is 2.00. The van der Waals surface area contributed by atoms with Gasteiger partial charge < -0.3 is 4.90 Å². The third-order valence-electron chi connectivity index (χ3n) is 6.58. The van der Waals surface area contributed by atoms with Gasteiger partial charge in [0.1, 0.15) is 0 Å². The van der Waals surface area contributed by atoms with E-state index in [9.17, 15) is 4.79 Å². The number of carbonyl (C=O) groups is 1. The normalized spacial score (nSPS) is 17.8. The Morgan fingerprint density at radius 1 is 1.16 bits per heavy atom. The maximum absolute atomic E-state index is 13.3. The number of ketones is 1. The zero-order valence-corrected chi connectivity index (χ0v) is 19.9. The number of hydrogen-bond acceptors (Lipinski definition) is 2. The summed E-state index contributed by atoms with van der Waals surface area (Å²) in [7, 11) is 0. The van der Waals surface area contributed by atoms with Gasteiger partial charge in [-0.25, -0.2) is 0 Å². The molecule has 1 unspecified atom stereocenters. The van der Waals surface area contributed by atoms with E-state index in [4.69, 9.17) is 0 Å². The summed E-state index contributed by atoms with van der Waals surface area (Å²) in [5, 5.41) is 0. The molecule has 2 aromatic rings. The molecule has 31 heavy (non-hydrogen) atoms. The van der Waals surface area contributed by atoms with E-state index in [0.717, 1.165) is 46.4 Å². The number of hydrogen-bond donors (Lipinski definition) is 0. The van der Waals surface area contributed by atoms with Crippen molar-refractivity contribution < 1.29 is 4.79 Å². The van der Waals surface area contributed by atoms with Crippen LogP contribution in [-0.4, -0.2) is 17.9 Å². The summed E-state index contributed by atoms with van der Waals surface area (Å²) in [4.78, 5) is 15.8. The van der Waals surface area contributed by atoms with Crippen molar-refractivity contribution in [3.8, 4) is 0 Å². The number of nitrogens with zero attached hydrogens (tertiary/aromatic N) is 1. The molecule has 0 fully saturated rings. The summed E-state index contributed by atoms with van der Waals surface area (Å²) in [6, 6.07) is 10.6. The van der Waals surface area contributed by atoms with Gasteiger partial charge in [0, 0.05) is 23.3 Å². The average molecular weight is 414 g/mol. The zero-order chi connectivity index (χ0) is 22.9. The van der Waals surface area contributed by atoms with Crippen molar-refractivity contribution >= 4 is 29.7 Å². The van der Waals surface area contributed by atoms with Crippen LogP contribution in [0, 0.1) is 6.92 Å². The minimum absolute atomic E-state index is 0.0509. The van der Waals surface area contributed by atoms with E-state index in [0.29, 0.717) is 5.92 Å². The van der Waals surface area contributed by atoms with Crippen LogP contribution >= 0.6 is 0 Å². The van der Waals surface area contributed by atoms with Gasteiger partial charge in [-0.3, -0.25) is 4.79 Å². The Morgan fingerprint density at radius 2 is 1.81 bits per heavy atom. The molecule has 3 rings (SSSR count). The summed E-state index contributed by atoms with van der Waals surface area (Å²) in [5.74, 6) is 0.576. The second-order valence-corrected chi connectivity index (χ2v) is 9.34. The molecule has 0 saturated carbocycles. The SMILES string of the molecule is C=Cc1cc(C)c(C(=O)C(C)=Cc2ccc3c(c2)N(CC)C(C)(C)CC3C)cc1C=C. The highest BCUT2D eigenvalue weighted by Crippen LogP contribution is 2.43. The number of Topliss-reactive ketones (excluding diaryl/α,β-unsaturated/α-hetero) is 1. The van der Waals surface area contributed by atoms with Crippen molar-refractivity contribution in [1.82, 2.24) is 0 Å². The lowest BCUT2D eigenvalue weighted by molar-refractivity contribution is 0.103. The number of aryl methyl sites for hydroxylation is 1. The van der Waals surface area contributed by atoms with Gasteiger partial charge in [-0.2, -0.15) is 0 Å². The van der Waals surface area contributed by atoms with Crippen LogP contribution in [0.3, 0.4) is 0 Å². The number of benzene rings is 2. The van der Waals surface area contributed by atoms with Crippen molar-refractivity contribution in [3.05, 3.63) is 82.4 Å². The molecule has 0 radical (unpaired) electrons. The van der Waals surface area contributed by atoms with Crippen molar-refractivity contribution in [2.45, 2.75) is 59.4 Å². The van der Waals surface area contributed by atoms with Crippen LogP contribution in [0.15, 0.2) is 49.1 Å². The summed E-state index contributed by atoms with van der Waals surface area (Å²) in [5.41, 5.74) is 8.22. The molecule has 162 valence electrons. The second kappa shape index (κ2) is 8.70. The molecule has 1 heterocycles. The van der Waals surface area contributed by atoms with Crippen LogP contribution in [0.1, 0.15) is 85.1 Å². The van der Waals surface area contributed by atoms with E-state index in [1.165, 1.54) is 11.3 Å². The lowest BCUT2D eigenvalue weighted by atomic mass is 9.79. The highest BCUT2D eigenvalue weighted by atomic mass is 16.1. The summed E-state index contributed by atoms with van der Waals surface area (Å²) in [6.07, 6.45) is 6.73. The lowest BCUT2D eigenvalue weighted by Gasteiger charge is -2.47. The minimum Gasteiger partial charge on any atom is -0.366 e. The molecule has 0 saturated heterocycles. The van der Waals surface area contributed by atoms with Gasteiger partial charge in [0.25, 0.3) is 0 Å². The smallest absolute Gasteiger partial charge is 0.189 e. The predicted octanol–water partition coefficient (Wildman–Crippen LogP) is 7.68. The van der Waals surface area contributed by atoms with Crippen molar-refractivity contribution in [3.63, 3.8) is 0 Å². The van der Waals surface area contributed by atoms with Crippen LogP contribution in [0.4, 0.5) is 5.69 Å². The first-order chi connectivity index (χ1) is 14.6. The predicted molar refractivity (Wildman–Crippen MR) is 136 cm³/mol. The van der Waals surface area contributed by atoms with E-state index in [1.807, 2.05) is 32.1 Å². The number of anilines is 1. The Morgan fingerprint density at radius 3 is 2.42 bits per heavy atom. The van der Waals surface area contributed by atoms with Gasteiger partial charge in [0.05, 0.1) is 0 Å². The number of allylic oxidation sites excluding steroid dienone is 1. The number of carbonyl (C=O) groups excluding carboxylic acids is 1. The molecule has 0 bridgehead atoms. The molecular weight excluding hydrogens is 378 g/mol. The molecule has 1 atom stereocenters. The summed E-state index contributed by atoms with van der Waals surface area (Å²) in [6.45, 7) is 21.7. The molecule has 0 aliphatic carbocycles. The van der Waals surface area contributed by atoms with E-state index in [1.54, 1.807) is 12.2 Å². The van der Waals surface area contributed by atoms with Gasteiger partial charge >= 0.3 is 0 Å². The first-order valence-electron chi connectivity index (χ1n) is 11.2. The fourth-order valence-electron chi connectivity index (χ4n) is 5.07. The maximum atomic E-state index is 13.3. The second-order valence-electron chi connectivity index (χ2n) is 9.34. The topological polar surface area (TPSA) is 20.3 Å². The monoisotopic (exact) mass is 413 g/mol. The van der Waals surface area contributed by atoms with Crippen LogP contribution in [0.5, 0.6) is 0 Å². The number of fused-ring (bicyclic) bond motifs is 1. The van der Waals surface area contributed by atoms with Crippen LogP contribution in [0.2, 0.25) is 0 Å². The first kappa shape index (κ1) is 22.8. The van der Waals surface area contributed by atoms with Crippen molar-refractivity contribution in [1.29, 1.82) is 0 Å². The maximum Gasteiger partial charge on any atom is 0.189 e. The molecule has 0 aromatic heterocycles. The lowest BCUT2D eigenvalue weighted by Crippen LogP contribution is -2.48. The van der Waals surface area contributed by atoms with Crippen molar-refractivity contribution in [2.75, 3.05) is 11.4 Å². The molecule has 0 spiro atoms. The molecule has 1 aliphatic heterocycles. The van der Waals surface area contributed by atoms with Crippen LogP contribution in [-0.2, 0) is 0 Å². The molecule has 2 aromatic carbocycles. The fourth-order valence-corrected chi connectivity index (χ4v) is 5.07. The molecule has 0 amide bonds. The van der Waals surface area contributed by atoms with Gasteiger partial charge in [0.2, 0.25) is 0 Å². The minimum atomic E-state index is 0.0509. The number of rotatable bonds is 6. The summed E-state index contributed by atoms with van der Waals surface area (Å²) < 4.78 is 0. The quantitative estimate of drug-likeness (QED) is 0.357. The first-order valence-corrected chi connectivity index (χ1v) is 11.2. The Labute approximate surface area is 188 Å². The van der Waals surface area contributed by atoms with Gasteiger partial charge in [-0.05, 0) is 98.6 Å². The van der Waals surface area contributed by atoms with Gasteiger partial charge in [0.15, 0.2) is 5.78 Å². The standard InChI is InChI=1S/C29H35NO/c1-9-23-15-19(4)26(17-24(23)10-2)28(31)20(5)14-22-12-13-25-21(6)18-29(7,8)30(11-3)27(25)16-22/h9-10,12-17,21H,1-2,11,18H2,3-8H3. The third kappa shape index (κ3) is 4.30.